The Morgan fingerprint density at radius 2 is 1.52 bits per heavy atom. The number of methoxy groups -OCH3 is 3. The summed E-state index contributed by atoms with van der Waals surface area (Å²) in [7, 11) is 4.06. The van der Waals surface area contributed by atoms with Crippen molar-refractivity contribution >= 4 is 17.5 Å². The number of carbonyl (C=O) groups excluding carboxylic acids is 2. The fourth-order valence-electron chi connectivity index (χ4n) is 2.18. The maximum absolute atomic E-state index is 12.2. The normalized spacial score (nSPS) is 14.4. The van der Waals surface area contributed by atoms with Gasteiger partial charge in [0, 0.05) is 0 Å². The van der Waals surface area contributed by atoms with Crippen molar-refractivity contribution < 1.29 is 23.8 Å². The lowest BCUT2D eigenvalue weighted by molar-refractivity contribution is -0.135. The van der Waals surface area contributed by atoms with Crippen molar-refractivity contribution in [2.75, 3.05) is 21.3 Å². The molecule has 0 unspecified atom stereocenters. The van der Waals surface area contributed by atoms with E-state index in [0.29, 0.717) is 11.3 Å². The van der Waals surface area contributed by atoms with Crippen molar-refractivity contribution in [3.05, 3.63) is 71.4 Å². The highest BCUT2D eigenvalue weighted by atomic mass is 16.5. The van der Waals surface area contributed by atoms with Gasteiger partial charge in [0.1, 0.15) is 5.76 Å². The second kappa shape index (κ2) is 7.45. The van der Waals surface area contributed by atoms with E-state index in [9.17, 15) is 9.59 Å². The number of benzene rings is 1. The predicted molar refractivity (Wildman–Crippen MR) is 84.9 cm³/mol. The van der Waals surface area contributed by atoms with Crippen LogP contribution in [-0.4, -0.2) is 33.3 Å². The Hall–Kier alpha value is -2.82. The molecule has 0 amide bonds. The SMILES string of the molecule is COC(=O)C1=CC(C(=O)OC)=C(c2ccccc2)[CH]C(OC)=C1. The molecule has 0 fully saturated rings. The van der Waals surface area contributed by atoms with Crippen LogP contribution in [0.5, 0.6) is 0 Å². The summed E-state index contributed by atoms with van der Waals surface area (Å²) in [4.78, 5) is 24.1. The van der Waals surface area contributed by atoms with Crippen LogP contribution in [0.25, 0.3) is 5.57 Å². The van der Waals surface area contributed by atoms with Gasteiger partial charge in [-0.25, -0.2) is 9.59 Å². The molecule has 0 saturated carbocycles. The first-order chi connectivity index (χ1) is 11.1. The molecular formula is C18H17O5. The van der Waals surface area contributed by atoms with Crippen LogP contribution in [0.15, 0.2) is 59.4 Å². The Balaban J connectivity index is 2.67. The molecule has 119 valence electrons. The number of rotatable bonds is 4. The lowest BCUT2D eigenvalue weighted by Crippen LogP contribution is -2.08. The minimum absolute atomic E-state index is 0.201. The molecule has 5 nitrogen and oxygen atoms in total. The molecule has 0 aliphatic heterocycles. The van der Waals surface area contributed by atoms with Crippen LogP contribution in [0.2, 0.25) is 0 Å². The topological polar surface area (TPSA) is 61.8 Å². The Labute approximate surface area is 134 Å². The minimum atomic E-state index is -0.566. The van der Waals surface area contributed by atoms with Crippen molar-refractivity contribution in [1.82, 2.24) is 0 Å². The fourth-order valence-corrected chi connectivity index (χ4v) is 2.18. The highest BCUT2D eigenvalue weighted by Crippen LogP contribution is 2.31. The van der Waals surface area contributed by atoms with Crippen molar-refractivity contribution in [3.8, 4) is 0 Å². The molecule has 0 N–H and O–H groups in total. The van der Waals surface area contributed by atoms with Gasteiger partial charge < -0.3 is 14.2 Å². The lowest BCUT2D eigenvalue weighted by atomic mass is 9.96. The van der Waals surface area contributed by atoms with Crippen LogP contribution in [0, 0.1) is 6.42 Å². The summed E-state index contributed by atoms with van der Waals surface area (Å²) in [6, 6.07) is 9.31. The Kier molecular flexibility index (Phi) is 5.36. The Morgan fingerprint density at radius 3 is 2.09 bits per heavy atom. The molecule has 1 aliphatic rings. The number of hydrogen-bond acceptors (Lipinski definition) is 5. The summed E-state index contributed by atoms with van der Waals surface area (Å²) in [5, 5.41) is 0. The first kappa shape index (κ1) is 16.5. The van der Waals surface area contributed by atoms with E-state index in [1.54, 1.807) is 6.42 Å². The first-order valence-electron chi connectivity index (χ1n) is 6.89. The summed E-state index contributed by atoms with van der Waals surface area (Å²) < 4.78 is 14.9. The molecule has 1 aliphatic carbocycles. The molecule has 1 aromatic carbocycles. The van der Waals surface area contributed by atoms with Gasteiger partial charge in [0.15, 0.2) is 0 Å². The Bertz CT molecular complexity index is 695. The van der Waals surface area contributed by atoms with Gasteiger partial charge in [-0.3, -0.25) is 0 Å². The third kappa shape index (κ3) is 3.69. The zero-order valence-electron chi connectivity index (χ0n) is 13.2. The van der Waals surface area contributed by atoms with Crippen LogP contribution in [0.4, 0.5) is 0 Å². The van der Waals surface area contributed by atoms with Crippen LogP contribution in [0.3, 0.4) is 0 Å². The van der Waals surface area contributed by atoms with Gasteiger partial charge >= 0.3 is 11.9 Å². The van der Waals surface area contributed by atoms with Crippen LogP contribution < -0.4 is 0 Å². The van der Waals surface area contributed by atoms with Gasteiger partial charge in [0.2, 0.25) is 0 Å². The average Bonchev–Trinajstić information content (AvgIpc) is 2.81. The van der Waals surface area contributed by atoms with Gasteiger partial charge in [-0.15, -0.1) is 0 Å². The summed E-state index contributed by atoms with van der Waals surface area (Å²) in [6.07, 6.45) is 4.65. The van der Waals surface area contributed by atoms with E-state index < -0.39 is 11.9 Å². The average molecular weight is 313 g/mol. The third-order valence-electron chi connectivity index (χ3n) is 3.32. The number of carbonyl (C=O) groups is 2. The number of hydrogen-bond donors (Lipinski definition) is 0. The smallest absolute Gasteiger partial charge is 0.338 e. The zero-order valence-corrected chi connectivity index (χ0v) is 13.2. The molecule has 1 radical (unpaired) electrons. The van der Waals surface area contributed by atoms with Crippen LogP contribution in [-0.2, 0) is 23.8 Å². The standard InChI is InChI=1S/C18H17O5/c1-21-14-9-13(17(19)22-2)10-16(18(20)23-3)15(11-14)12-7-5-4-6-8-12/h4-11H,1-3H3. The molecule has 5 heteroatoms. The zero-order chi connectivity index (χ0) is 16.8. The highest BCUT2D eigenvalue weighted by Gasteiger charge is 2.23. The Morgan fingerprint density at radius 1 is 0.870 bits per heavy atom. The van der Waals surface area contributed by atoms with E-state index in [0.717, 1.165) is 5.56 Å². The van der Waals surface area contributed by atoms with Crippen LogP contribution >= 0.6 is 0 Å². The minimum Gasteiger partial charge on any atom is -0.500 e. The molecule has 0 bridgehead atoms. The fraction of sp³-hybridized carbons (Fsp3) is 0.167. The second-order valence-corrected chi connectivity index (χ2v) is 4.67. The van der Waals surface area contributed by atoms with E-state index in [2.05, 4.69) is 0 Å². The quantitative estimate of drug-likeness (QED) is 0.799. The van der Waals surface area contributed by atoms with Gasteiger partial charge in [0.05, 0.1) is 38.9 Å². The molecule has 2 rings (SSSR count). The van der Waals surface area contributed by atoms with Gasteiger partial charge in [-0.05, 0) is 23.3 Å². The molecule has 1 aromatic rings. The van der Waals surface area contributed by atoms with Gasteiger partial charge in [0.25, 0.3) is 0 Å². The monoisotopic (exact) mass is 313 g/mol. The van der Waals surface area contributed by atoms with Crippen molar-refractivity contribution in [2.45, 2.75) is 0 Å². The molecule has 0 spiro atoms. The summed E-state index contributed by atoms with van der Waals surface area (Å²) in [5.74, 6) is -0.685. The molecule has 0 saturated heterocycles. The molecule has 0 atom stereocenters. The van der Waals surface area contributed by atoms with Gasteiger partial charge in [-0.2, -0.15) is 0 Å². The summed E-state index contributed by atoms with van der Waals surface area (Å²) >= 11 is 0. The molecular weight excluding hydrogens is 296 g/mol. The van der Waals surface area contributed by atoms with Crippen molar-refractivity contribution in [1.29, 1.82) is 0 Å². The molecule has 0 aromatic heterocycles. The van der Waals surface area contributed by atoms with E-state index in [1.807, 2.05) is 30.3 Å². The van der Waals surface area contributed by atoms with Crippen molar-refractivity contribution in [2.24, 2.45) is 0 Å². The number of ether oxygens (including phenoxy) is 3. The number of esters is 2. The molecule has 0 heterocycles. The van der Waals surface area contributed by atoms with E-state index >= 15 is 0 Å². The summed E-state index contributed by atoms with van der Waals surface area (Å²) in [5.41, 5.74) is 1.86. The second-order valence-electron chi connectivity index (χ2n) is 4.67. The van der Waals surface area contributed by atoms with E-state index in [-0.39, 0.29) is 11.1 Å². The summed E-state index contributed by atoms with van der Waals surface area (Å²) in [6.45, 7) is 0. The lowest BCUT2D eigenvalue weighted by Gasteiger charge is -2.11. The largest absolute Gasteiger partial charge is 0.500 e. The predicted octanol–water partition coefficient (Wildman–Crippen LogP) is 2.46. The van der Waals surface area contributed by atoms with Crippen molar-refractivity contribution in [3.63, 3.8) is 0 Å². The van der Waals surface area contributed by atoms with Gasteiger partial charge in [-0.1, -0.05) is 30.3 Å². The van der Waals surface area contributed by atoms with E-state index in [4.69, 9.17) is 14.2 Å². The van der Waals surface area contributed by atoms with E-state index in [1.165, 1.54) is 33.5 Å². The highest BCUT2D eigenvalue weighted by molar-refractivity contribution is 6.06. The third-order valence-corrected chi connectivity index (χ3v) is 3.32. The van der Waals surface area contributed by atoms with Crippen LogP contribution in [0.1, 0.15) is 5.56 Å². The maximum atomic E-state index is 12.2. The first-order valence-corrected chi connectivity index (χ1v) is 6.89. The number of allylic oxidation sites excluding steroid dienone is 1. The maximum Gasteiger partial charge on any atom is 0.338 e. The molecule has 23 heavy (non-hydrogen) atoms.